The summed E-state index contributed by atoms with van der Waals surface area (Å²) in [7, 11) is -2.13. The lowest BCUT2D eigenvalue weighted by atomic mass is 10.3. The van der Waals surface area contributed by atoms with Crippen LogP contribution in [0.3, 0.4) is 0 Å². The fourth-order valence-corrected chi connectivity index (χ4v) is 2.77. The summed E-state index contributed by atoms with van der Waals surface area (Å²) in [5, 5.41) is -0.0404. The monoisotopic (exact) mass is 288 g/mol. The van der Waals surface area contributed by atoms with E-state index < -0.39 is 10.0 Å². The Bertz CT molecular complexity index is 605. The zero-order valence-electron chi connectivity index (χ0n) is 9.57. The first-order valence-corrected chi connectivity index (χ1v) is 6.33. The Labute approximate surface area is 111 Å². The summed E-state index contributed by atoms with van der Waals surface area (Å²) in [6.45, 7) is 0. The number of nitrogens with zero attached hydrogens (tertiary/aromatic N) is 2. The van der Waals surface area contributed by atoms with Gasteiger partial charge in [0.25, 0.3) is 10.0 Å². The van der Waals surface area contributed by atoms with Gasteiger partial charge in [-0.05, 0) is 12.1 Å². The van der Waals surface area contributed by atoms with Crippen LogP contribution in [0.5, 0.6) is 0 Å². The normalized spacial score (nSPS) is 10.7. The van der Waals surface area contributed by atoms with E-state index in [2.05, 4.69) is 9.71 Å². The molecule has 0 aliphatic carbocycles. The number of hydrogen-bond acceptors (Lipinski definition) is 4. The second-order valence-electron chi connectivity index (χ2n) is 3.52. The largest absolute Gasteiger partial charge is 0.381 e. The topological polar surface area (TPSA) is 90.0 Å². The fraction of sp³-hybridized carbons (Fsp3) is 0.100. The molecule has 6 nitrogen and oxygen atoms in total. The van der Waals surface area contributed by atoms with Crippen LogP contribution in [0.4, 0.5) is 11.5 Å². The van der Waals surface area contributed by atoms with Gasteiger partial charge in [0.1, 0.15) is 0 Å². The van der Waals surface area contributed by atoms with Gasteiger partial charge in [0.15, 0.2) is 10.8 Å². The Morgan fingerprint density at radius 3 is 2.39 bits per heavy atom. The van der Waals surface area contributed by atoms with Crippen LogP contribution in [-0.4, -0.2) is 18.0 Å². The Kier molecular flexibility index (Phi) is 4.20. The average Bonchev–Trinajstić information content (AvgIpc) is 2.59. The zero-order valence-corrected chi connectivity index (χ0v) is 11.2. The van der Waals surface area contributed by atoms with Gasteiger partial charge in [0.2, 0.25) is 0 Å². The third-order valence-corrected chi connectivity index (χ3v) is 3.70. The highest BCUT2D eigenvalue weighted by Gasteiger charge is 2.22. The molecule has 0 saturated carbocycles. The van der Waals surface area contributed by atoms with Crippen molar-refractivity contribution in [2.75, 3.05) is 10.5 Å². The van der Waals surface area contributed by atoms with E-state index >= 15 is 0 Å². The van der Waals surface area contributed by atoms with Crippen LogP contribution in [0.1, 0.15) is 0 Å². The van der Waals surface area contributed by atoms with Gasteiger partial charge in [-0.1, -0.05) is 18.2 Å². The predicted octanol–water partition coefficient (Wildman–Crippen LogP) is 1.22. The van der Waals surface area contributed by atoms with Gasteiger partial charge in [0.05, 0.1) is 6.33 Å². The molecule has 0 spiro atoms. The Morgan fingerprint density at radius 2 is 1.89 bits per heavy atom. The minimum absolute atomic E-state index is 0. The van der Waals surface area contributed by atoms with E-state index in [1.54, 1.807) is 37.4 Å². The summed E-state index contributed by atoms with van der Waals surface area (Å²) < 4.78 is 27.9. The lowest BCUT2D eigenvalue weighted by molar-refractivity contribution is 0.592. The number of halogens is 1. The van der Waals surface area contributed by atoms with Crippen LogP contribution >= 0.6 is 12.4 Å². The molecule has 0 atom stereocenters. The molecular weight excluding hydrogens is 276 g/mol. The first-order valence-electron chi connectivity index (χ1n) is 4.85. The maximum Gasteiger partial charge on any atom is 0.281 e. The molecular formula is C10H13ClN4O2S. The van der Waals surface area contributed by atoms with Gasteiger partial charge in [-0.2, -0.15) is 8.42 Å². The lowest BCUT2D eigenvalue weighted by Crippen LogP contribution is -2.17. The number of sulfonamides is 1. The third kappa shape index (κ3) is 2.74. The number of nitrogens with one attached hydrogen (secondary N) is 1. The summed E-state index contributed by atoms with van der Waals surface area (Å²) in [4.78, 5) is 3.75. The van der Waals surface area contributed by atoms with Crippen molar-refractivity contribution in [2.24, 2.45) is 7.05 Å². The second kappa shape index (κ2) is 5.28. The van der Waals surface area contributed by atoms with E-state index in [1.807, 2.05) is 0 Å². The number of para-hydroxylation sites is 1. The van der Waals surface area contributed by atoms with Crippen molar-refractivity contribution >= 4 is 33.9 Å². The van der Waals surface area contributed by atoms with Crippen LogP contribution in [-0.2, 0) is 17.1 Å². The van der Waals surface area contributed by atoms with E-state index in [9.17, 15) is 8.42 Å². The van der Waals surface area contributed by atoms with Crippen LogP contribution in [0.2, 0.25) is 0 Å². The molecule has 1 aromatic heterocycles. The number of aryl methyl sites for hydroxylation is 1. The summed E-state index contributed by atoms with van der Waals surface area (Å²) in [6, 6.07) is 8.60. The fourth-order valence-electron chi connectivity index (χ4n) is 1.47. The van der Waals surface area contributed by atoms with Gasteiger partial charge in [-0.15, -0.1) is 12.4 Å². The summed E-state index contributed by atoms with van der Waals surface area (Å²) >= 11 is 0. The van der Waals surface area contributed by atoms with Crippen LogP contribution in [0.15, 0.2) is 41.7 Å². The minimum Gasteiger partial charge on any atom is -0.381 e. The van der Waals surface area contributed by atoms with Crippen molar-refractivity contribution in [2.45, 2.75) is 5.03 Å². The molecule has 1 heterocycles. The van der Waals surface area contributed by atoms with Crippen molar-refractivity contribution < 1.29 is 8.42 Å². The molecule has 18 heavy (non-hydrogen) atoms. The van der Waals surface area contributed by atoms with Crippen molar-refractivity contribution in [3.63, 3.8) is 0 Å². The number of rotatable bonds is 3. The van der Waals surface area contributed by atoms with Crippen molar-refractivity contribution in [1.82, 2.24) is 9.55 Å². The number of imidazole rings is 1. The smallest absolute Gasteiger partial charge is 0.281 e. The quantitative estimate of drug-likeness (QED) is 0.889. The van der Waals surface area contributed by atoms with E-state index in [-0.39, 0.29) is 23.3 Å². The first-order chi connectivity index (χ1) is 8.00. The molecule has 3 N–H and O–H groups in total. The first kappa shape index (κ1) is 14.3. The van der Waals surface area contributed by atoms with E-state index in [4.69, 9.17) is 5.73 Å². The lowest BCUT2D eigenvalue weighted by Gasteiger charge is -2.08. The number of nitrogens with two attached hydrogens (primary N) is 1. The Hall–Kier alpha value is -1.73. The summed E-state index contributed by atoms with van der Waals surface area (Å²) in [5.41, 5.74) is 6.01. The molecule has 0 saturated heterocycles. The highest BCUT2D eigenvalue weighted by Crippen LogP contribution is 2.19. The number of anilines is 2. The summed E-state index contributed by atoms with van der Waals surface area (Å²) in [6.07, 6.45) is 1.36. The van der Waals surface area contributed by atoms with E-state index in [0.717, 1.165) is 0 Å². The molecule has 0 bridgehead atoms. The highest BCUT2D eigenvalue weighted by molar-refractivity contribution is 7.92. The molecule has 0 aliphatic rings. The molecule has 2 rings (SSSR count). The maximum atomic E-state index is 12.1. The van der Waals surface area contributed by atoms with Crippen LogP contribution in [0, 0.1) is 0 Å². The molecule has 2 aromatic rings. The van der Waals surface area contributed by atoms with Crippen LogP contribution < -0.4 is 10.5 Å². The second-order valence-corrected chi connectivity index (χ2v) is 5.12. The maximum absolute atomic E-state index is 12.1. The van der Waals surface area contributed by atoms with Crippen molar-refractivity contribution in [3.05, 3.63) is 36.7 Å². The minimum atomic E-state index is -3.71. The van der Waals surface area contributed by atoms with E-state index in [1.165, 1.54) is 10.9 Å². The van der Waals surface area contributed by atoms with E-state index in [0.29, 0.717) is 5.69 Å². The molecule has 0 amide bonds. The van der Waals surface area contributed by atoms with Crippen molar-refractivity contribution in [3.8, 4) is 0 Å². The van der Waals surface area contributed by atoms with Gasteiger partial charge >= 0.3 is 0 Å². The molecule has 0 radical (unpaired) electrons. The average molecular weight is 289 g/mol. The number of nitrogen functional groups attached to an aromatic ring is 1. The zero-order chi connectivity index (χ0) is 12.5. The standard InChI is InChI=1S/C10H12N4O2S.ClH/c1-14-7-12-9(11)10(14)17(15,16)13-8-5-3-2-4-6-8;/h2-7,13H,11H2,1H3;1H. The Balaban J connectivity index is 0.00000162. The van der Waals surface area contributed by atoms with Crippen molar-refractivity contribution in [1.29, 1.82) is 0 Å². The number of aromatic nitrogens is 2. The highest BCUT2D eigenvalue weighted by atomic mass is 35.5. The SMILES string of the molecule is Cl.Cn1cnc(N)c1S(=O)(=O)Nc1ccccc1. The Morgan fingerprint density at radius 1 is 1.28 bits per heavy atom. The molecule has 0 unspecified atom stereocenters. The van der Waals surface area contributed by atoms with Gasteiger partial charge in [0, 0.05) is 12.7 Å². The molecule has 0 aliphatic heterocycles. The summed E-state index contributed by atoms with van der Waals surface area (Å²) in [5.74, 6) is -0.0177. The van der Waals surface area contributed by atoms with Crippen LogP contribution in [0.25, 0.3) is 0 Å². The third-order valence-electron chi connectivity index (χ3n) is 2.19. The van der Waals surface area contributed by atoms with Gasteiger partial charge < -0.3 is 10.3 Å². The predicted molar refractivity (Wildman–Crippen MR) is 72.1 cm³/mol. The number of benzene rings is 1. The number of hydrogen-bond donors (Lipinski definition) is 2. The molecule has 98 valence electrons. The molecule has 1 aromatic carbocycles. The van der Waals surface area contributed by atoms with Gasteiger partial charge in [-0.3, -0.25) is 4.72 Å². The molecule has 8 heteroatoms. The molecule has 0 fully saturated rings. The van der Waals surface area contributed by atoms with Gasteiger partial charge in [-0.25, -0.2) is 4.98 Å².